The first-order valence-electron chi connectivity index (χ1n) is 6.50. The number of pyridine rings is 1. The van der Waals surface area contributed by atoms with Crippen LogP contribution in [-0.2, 0) is 19.6 Å². The predicted molar refractivity (Wildman–Crippen MR) is 72.8 cm³/mol. The molecule has 2 aromatic heterocycles. The Bertz CT molecular complexity index is 576. The van der Waals surface area contributed by atoms with Crippen LogP contribution < -0.4 is 10.2 Å². The van der Waals surface area contributed by atoms with Crippen molar-refractivity contribution in [1.82, 2.24) is 25.1 Å². The highest BCUT2D eigenvalue weighted by molar-refractivity contribution is 5.42. The second-order valence-electron chi connectivity index (χ2n) is 4.81. The lowest BCUT2D eigenvalue weighted by molar-refractivity contribution is 0.555. The average molecular weight is 258 g/mol. The standard InChI is InChI=1S/C13H18N6/c1-10-11(7-14-2)3-4-12(16-10)18-5-6-19-9-15-17-13(19)8-18/h3-4,9,14H,5-8H2,1-2H3. The van der Waals surface area contributed by atoms with Gasteiger partial charge in [0.15, 0.2) is 5.82 Å². The van der Waals surface area contributed by atoms with Crippen molar-refractivity contribution in [2.75, 3.05) is 18.5 Å². The van der Waals surface area contributed by atoms with Gasteiger partial charge in [0.05, 0.1) is 6.54 Å². The monoisotopic (exact) mass is 258 g/mol. The van der Waals surface area contributed by atoms with Gasteiger partial charge in [-0.25, -0.2) is 4.98 Å². The molecule has 0 amide bonds. The second-order valence-corrected chi connectivity index (χ2v) is 4.81. The van der Waals surface area contributed by atoms with Crippen molar-refractivity contribution in [3.05, 3.63) is 35.5 Å². The summed E-state index contributed by atoms with van der Waals surface area (Å²) in [6.45, 7) is 5.55. The molecule has 3 rings (SSSR count). The van der Waals surface area contributed by atoms with Crippen molar-refractivity contribution in [3.63, 3.8) is 0 Å². The first-order chi connectivity index (χ1) is 9.28. The normalized spacial score (nSPS) is 14.5. The molecule has 0 atom stereocenters. The van der Waals surface area contributed by atoms with Crippen LogP contribution in [0.3, 0.4) is 0 Å². The SMILES string of the molecule is CNCc1ccc(N2CCn3cnnc3C2)nc1C. The molecule has 100 valence electrons. The number of nitrogens with zero attached hydrogens (tertiary/aromatic N) is 5. The van der Waals surface area contributed by atoms with Gasteiger partial charge in [0.2, 0.25) is 0 Å². The van der Waals surface area contributed by atoms with Gasteiger partial charge in [-0.05, 0) is 25.6 Å². The van der Waals surface area contributed by atoms with E-state index in [0.29, 0.717) is 0 Å². The lowest BCUT2D eigenvalue weighted by Crippen LogP contribution is -2.34. The Morgan fingerprint density at radius 1 is 1.32 bits per heavy atom. The largest absolute Gasteiger partial charge is 0.347 e. The molecule has 0 spiro atoms. The van der Waals surface area contributed by atoms with E-state index in [0.717, 1.165) is 43.5 Å². The van der Waals surface area contributed by atoms with Gasteiger partial charge in [0.25, 0.3) is 0 Å². The van der Waals surface area contributed by atoms with Crippen molar-refractivity contribution in [2.45, 2.75) is 26.6 Å². The number of hydrogen-bond donors (Lipinski definition) is 1. The van der Waals surface area contributed by atoms with Crippen LogP contribution in [0.5, 0.6) is 0 Å². The summed E-state index contributed by atoms with van der Waals surface area (Å²) in [5, 5.41) is 11.2. The van der Waals surface area contributed by atoms with Crippen molar-refractivity contribution in [1.29, 1.82) is 0 Å². The molecule has 0 saturated carbocycles. The minimum absolute atomic E-state index is 0.776. The Balaban J connectivity index is 1.82. The molecule has 0 aliphatic carbocycles. The van der Waals surface area contributed by atoms with Gasteiger partial charge in [0.1, 0.15) is 12.1 Å². The molecule has 0 fully saturated rings. The minimum Gasteiger partial charge on any atom is -0.347 e. The fourth-order valence-corrected chi connectivity index (χ4v) is 2.39. The molecule has 19 heavy (non-hydrogen) atoms. The summed E-state index contributed by atoms with van der Waals surface area (Å²) in [7, 11) is 1.95. The second kappa shape index (κ2) is 4.97. The summed E-state index contributed by atoms with van der Waals surface area (Å²) in [5.41, 5.74) is 2.32. The molecule has 0 radical (unpaired) electrons. The molecule has 0 saturated heterocycles. The van der Waals surface area contributed by atoms with Crippen LogP contribution in [0.4, 0.5) is 5.82 Å². The van der Waals surface area contributed by atoms with Gasteiger partial charge in [0, 0.05) is 25.3 Å². The van der Waals surface area contributed by atoms with Gasteiger partial charge in [-0.2, -0.15) is 0 Å². The number of fused-ring (bicyclic) bond motifs is 1. The minimum atomic E-state index is 0.776. The van der Waals surface area contributed by atoms with E-state index in [1.54, 1.807) is 6.33 Å². The van der Waals surface area contributed by atoms with Gasteiger partial charge in [-0.15, -0.1) is 10.2 Å². The summed E-state index contributed by atoms with van der Waals surface area (Å²) in [6.07, 6.45) is 1.79. The highest BCUT2D eigenvalue weighted by atomic mass is 15.3. The molecule has 0 aromatic carbocycles. The third-order valence-electron chi connectivity index (χ3n) is 3.51. The van der Waals surface area contributed by atoms with Gasteiger partial charge in [-0.3, -0.25) is 0 Å². The summed E-state index contributed by atoms with van der Waals surface area (Å²) in [4.78, 5) is 6.95. The lowest BCUT2D eigenvalue weighted by Gasteiger charge is -2.28. The molecule has 1 aliphatic heterocycles. The van der Waals surface area contributed by atoms with Crippen molar-refractivity contribution < 1.29 is 0 Å². The van der Waals surface area contributed by atoms with Gasteiger partial charge >= 0.3 is 0 Å². The third kappa shape index (κ3) is 2.31. The Morgan fingerprint density at radius 2 is 2.21 bits per heavy atom. The van der Waals surface area contributed by atoms with Gasteiger partial charge < -0.3 is 14.8 Å². The van der Waals surface area contributed by atoms with E-state index in [1.165, 1.54) is 5.56 Å². The molecule has 6 heteroatoms. The van der Waals surface area contributed by atoms with Crippen LogP contribution in [0.2, 0.25) is 0 Å². The zero-order valence-electron chi connectivity index (χ0n) is 11.3. The molecular formula is C13H18N6. The van der Waals surface area contributed by atoms with E-state index >= 15 is 0 Å². The summed E-state index contributed by atoms with van der Waals surface area (Å²) >= 11 is 0. The van der Waals surface area contributed by atoms with E-state index < -0.39 is 0 Å². The fourth-order valence-electron chi connectivity index (χ4n) is 2.39. The molecule has 6 nitrogen and oxygen atoms in total. The van der Waals surface area contributed by atoms with Crippen LogP contribution in [-0.4, -0.2) is 33.3 Å². The Labute approximate surface area is 112 Å². The quantitative estimate of drug-likeness (QED) is 0.879. The maximum absolute atomic E-state index is 4.70. The van der Waals surface area contributed by atoms with E-state index in [1.807, 2.05) is 7.05 Å². The van der Waals surface area contributed by atoms with Crippen molar-refractivity contribution in [2.24, 2.45) is 0 Å². The molecule has 2 aromatic rings. The van der Waals surface area contributed by atoms with E-state index in [4.69, 9.17) is 4.98 Å². The zero-order valence-corrected chi connectivity index (χ0v) is 11.3. The summed E-state index contributed by atoms with van der Waals surface area (Å²) in [6, 6.07) is 4.24. The molecule has 3 heterocycles. The first-order valence-corrected chi connectivity index (χ1v) is 6.50. The first kappa shape index (κ1) is 12.1. The molecular weight excluding hydrogens is 240 g/mol. The molecule has 0 unspecified atom stereocenters. The predicted octanol–water partition coefficient (Wildman–Crippen LogP) is 0.721. The van der Waals surface area contributed by atoms with E-state index in [9.17, 15) is 0 Å². The highest BCUT2D eigenvalue weighted by Gasteiger charge is 2.18. The Kier molecular flexibility index (Phi) is 3.16. The van der Waals surface area contributed by atoms with E-state index in [-0.39, 0.29) is 0 Å². The van der Waals surface area contributed by atoms with Gasteiger partial charge in [-0.1, -0.05) is 6.07 Å². The fraction of sp³-hybridized carbons (Fsp3) is 0.462. The van der Waals surface area contributed by atoms with Crippen LogP contribution in [0, 0.1) is 6.92 Å². The van der Waals surface area contributed by atoms with Crippen LogP contribution >= 0.6 is 0 Å². The Hall–Kier alpha value is -1.95. The zero-order chi connectivity index (χ0) is 13.2. The summed E-state index contributed by atoms with van der Waals surface area (Å²) in [5.74, 6) is 2.02. The Morgan fingerprint density at radius 3 is 3.00 bits per heavy atom. The van der Waals surface area contributed by atoms with Crippen LogP contribution in [0.25, 0.3) is 0 Å². The average Bonchev–Trinajstić information content (AvgIpc) is 2.88. The maximum atomic E-state index is 4.70. The number of hydrogen-bond acceptors (Lipinski definition) is 5. The number of nitrogens with one attached hydrogen (secondary N) is 1. The van der Waals surface area contributed by atoms with Crippen LogP contribution in [0.15, 0.2) is 18.5 Å². The number of rotatable bonds is 3. The van der Waals surface area contributed by atoms with Crippen molar-refractivity contribution in [3.8, 4) is 0 Å². The number of aryl methyl sites for hydroxylation is 1. The number of anilines is 1. The smallest absolute Gasteiger partial charge is 0.152 e. The van der Waals surface area contributed by atoms with Crippen molar-refractivity contribution >= 4 is 5.82 Å². The molecule has 1 N–H and O–H groups in total. The topological polar surface area (TPSA) is 58.9 Å². The summed E-state index contributed by atoms with van der Waals surface area (Å²) < 4.78 is 2.10. The lowest BCUT2D eigenvalue weighted by atomic mass is 10.2. The maximum Gasteiger partial charge on any atom is 0.152 e. The van der Waals surface area contributed by atoms with Crippen LogP contribution in [0.1, 0.15) is 17.1 Å². The number of aromatic nitrogens is 4. The van der Waals surface area contributed by atoms with E-state index in [2.05, 4.69) is 44.0 Å². The molecule has 1 aliphatic rings. The third-order valence-corrected chi connectivity index (χ3v) is 3.51. The highest BCUT2D eigenvalue weighted by Crippen LogP contribution is 2.19. The molecule has 0 bridgehead atoms.